The molecule has 2 N–H and O–H groups in total. The van der Waals surface area contributed by atoms with Gasteiger partial charge in [-0.25, -0.2) is 4.98 Å². The minimum absolute atomic E-state index is 0.254. The monoisotopic (exact) mass is 249 g/mol. The SMILES string of the molecule is Cc1[nH]cnc1CN[C@H](C)c1cccc(Cl)c1. The Labute approximate surface area is 106 Å². The lowest BCUT2D eigenvalue weighted by molar-refractivity contribution is 0.567. The van der Waals surface area contributed by atoms with Gasteiger partial charge in [0.2, 0.25) is 0 Å². The Morgan fingerprint density at radius 3 is 2.94 bits per heavy atom. The average molecular weight is 250 g/mol. The van der Waals surface area contributed by atoms with E-state index >= 15 is 0 Å². The van der Waals surface area contributed by atoms with Crippen LogP contribution in [0.1, 0.15) is 29.9 Å². The first kappa shape index (κ1) is 12.1. The number of aromatic amines is 1. The minimum Gasteiger partial charge on any atom is -0.348 e. The number of aryl methyl sites for hydroxylation is 1. The Balaban J connectivity index is 1.98. The fourth-order valence-corrected chi connectivity index (χ4v) is 1.91. The van der Waals surface area contributed by atoms with Crippen LogP contribution in [-0.4, -0.2) is 9.97 Å². The van der Waals surface area contributed by atoms with Crippen LogP contribution in [0.3, 0.4) is 0 Å². The fourth-order valence-electron chi connectivity index (χ4n) is 1.71. The van der Waals surface area contributed by atoms with Gasteiger partial charge in [0.05, 0.1) is 12.0 Å². The molecule has 1 atom stereocenters. The van der Waals surface area contributed by atoms with Crippen molar-refractivity contribution in [2.75, 3.05) is 0 Å². The van der Waals surface area contributed by atoms with E-state index in [0.29, 0.717) is 0 Å². The zero-order valence-corrected chi connectivity index (χ0v) is 10.8. The van der Waals surface area contributed by atoms with Crippen molar-refractivity contribution < 1.29 is 0 Å². The van der Waals surface area contributed by atoms with Crippen molar-refractivity contribution >= 4 is 11.6 Å². The first-order chi connectivity index (χ1) is 8.16. The maximum absolute atomic E-state index is 5.97. The summed E-state index contributed by atoms with van der Waals surface area (Å²) < 4.78 is 0. The molecule has 2 aromatic rings. The summed E-state index contributed by atoms with van der Waals surface area (Å²) in [5.74, 6) is 0. The molecule has 0 fully saturated rings. The van der Waals surface area contributed by atoms with Gasteiger partial charge in [0.25, 0.3) is 0 Å². The fraction of sp³-hybridized carbons (Fsp3) is 0.308. The Bertz CT molecular complexity index is 493. The summed E-state index contributed by atoms with van der Waals surface area (Å²) in [4.78, 5) is 7.32. The molecule has 0 saturated carbocycles. The standard InChI is InChI=1S/C13H16ClN3/c1-9(11-4-3-5-12(14)6-11)15-7-13-10(2)16-8-17-13/h3-6,8-9,15H,7H2,1-2H3,(H,16,17)/t9-/m1/s1. The lowest BCUT2D eigenvalue weighted by atomic mass is 10.1. The second-order valence-corrected chi connectivity index (χ2v) is 4.57. The third-order valence-electron chi connectivity index (χ3n) is 2.86. The van der Waals surface area contributed by atoms with E-state index in [-0.39, 0.29) is 6.04 Å². The van der Waals surface area contributed by atoms with Gasteiger partial charge in [-0.05, 0) is 31.5 Å². The molecule has 0 unspecified atom stereocenters. The normalized spacial score (nSPS) is 12.6. The van der Waals surface area contributed by atoms with Crippen LogP contribution in [0.25, 0.3) is 0 Å². The van der Waals surface area contributed by atoms with Crippen molar-refractivity contribution in [1.29, 1.82) is 0 Å². The van der Waals surface area contributed by atoms with Gasteiger partial charge in [-0.3, -0.25) is 0 Å². The minimum atomic E-state index is 0.254. The molecule has 0 aliphatic rings. The van der Waals surface area contributed by atoms with Crippen LogP contribution in [0, 0.1) is 6.92 Å². The number of imidazole rings is 1. The van der Waals surface area contributed by atoms with Crippen molar-refractivity contribution in [2.24, 2.45) is 0 Å². The van der Waals surface area contributed by atoms with Crippen LogP contribution < -0.4 is 5.32 Å². The van der Waals surface area contributed by atoms with Crippen molar-refractivity contribution in [3.63, 3.8) is 0 Å². The number of nitrogens with one attached hydrogen (secondary N) is 2. The van der Waals surface area contributed by atoms with E-state index in [2.05, 4.69) is 28.3 Å². The summed E-state index contributed by atoms with van der Waals surface area (Å²) in [6.45, 7) is 4.89. The second-order valence-electron chi connectivity index (χ2n) is 4.13. The number of nitrogens with zero attached hydrogens (tertiary/aromatic N) is 1. The van der Waals surface area contributed by atoms with Crippen LogP contribution in [0.15, 0.2) is 30.6 Å². The molecule has 17 heavy (non-hydrogen) atoms. The predicted molar refractivity (Wildman–Crippen MR) is 70.0 cm³/mol. The van der Waals surface area contributed by atoms with Crippen LogP contribution in [0.2, 0.25) is 5.02 Å². The van der Waals surface area contributed by atoms with Crippen LogP contribution in [-0.2, 0) is 6.54 Å². The highest BCUT2D eigenvalue weighted by Gasteiger charge is 2.07. The number of halogens is 1. The van der Waals surface area contributed by atoms with Gasteiger partial charge in [0.15, 0.2) is 0 Å². The number of benzene rings is 1. The van der Waals surface area contributed by atoms with Gasteiger partial charge in [-0.2, -0.15) is 0 Å². The van der Waals surface area contributed by atoms with Crippen LogP contribution in [0.4, 0.5) is 0 Å². The number of hydrogen-bond acceptors (Lipinski definition) is 2. The van der Waals surface area contributed by atoms with Gasteiger partial charge in [0.1, 0.15) is 0 Å². The quantitative estimate of drug-likeness (QED) is 0.874. The molecule has 1 heterocycles. The molecular weight excluding hydrogens is 234 g/mol. The Hall–Kier alpha value is -1.32. The molecule has 1 aromatic heterocycles. The van der Waals surface area contributed by atoms with Gasteiger partial charge in [0, 0.05) is 23.3 Å². The molecule has 0 amide bonds. The van der Waals surface area contributed by atoms with Gasteiger partial charge < -0.3 is 10.3 Å². The van der Waals surface area contributed by atoms with Crippen molar-refractivity contribution in [2.45, 2.75) is 26.4 Å². The van der Waals surface area contributed by atoms with Crippen LogP contribution in [0.5, 0.6) is 0 Å². The molecular formula is C13H16ClN3. The Morgan fingerprint density at radius 2 is 2.29 bits per heavy atom. The zero-order chi connectivity index (χ0) is 12.3. The van der Waals surface area contributed by atoms with E-state index in [1.807, 2.05) is 25.1 Å². The van der Waals surface area contributed by atoms with Crippen LogP contribution >= 0.6 is 11.6 Å². The number of rotatable bonds is 4. The highest BCUT2D eigenvalue weighted by Crippen LogP contribution is 2.17. The van der Waals surface area contributed by atoms with E-state index in [1.54, 1.807) is 6.33 Å². The summed E-state index contributed by atoms with van der Waals surface area (Å²) in [7, 11) is 0. The molecule has 0 spiro atoms. The zero-order valence-electron chi connectivity index (χ0n) is 10.00. The molecule has 2 rings (SSSR count). The smallest absolute Gasteiger partial charge is 0.0925 e. The number of aromatic nitrogens is 2. The molecule has 0 aliphatic carbocycles. The third kappa shape index (κ3) is 3.08. The van der Waals surface area contributed by atoms with Crippen molar-refractivity contribution in [3.8, 4) is 0 Å². The van der Waals surface area contributed by atoms with E-state index in [4.69, 9.17) is 11.6 Å². The first-order valence-corrected chi connectivity index (χ1v) is 6.02. The first-order valence-electron chi connectivity index (χ1n) is 5.64. The molecule has 0 radical (unpaired) electrons. The van der Waals surface area contributed by atoms with Crippen molar-refractivity contribution in [3.05, 3.63) is 52.6 Å². The van der Waals surface area contributed by atoms with Crippen molar-refractivity contribution in [1.82, 2.24) is 15.3 Å². The topological polar surface area (TPSA) is 40.7 Å². The largest absolute Gasteiger partial charge is 0.348 e. The Kier molecular flexibility index (Phi) is 3.82. The predicted octanol–water partition coefficient (Wildman–Crippen LogP) is 3.22. The molecule has 0 saturated heterocycles. The summed E-state index contributed by atoms with van der Waals surface area (Å²) >= 11 is 5.97. The molecule has 1 aromatic carbocycles. The third-order valence-corrected chi connectivity index (χ3v) is 3.09. The highest BCUT2D eigenvalue weighted by molar-refractivity contribution is 6.30. The van der Waals surface area contributed by atoms with Gasteiger partial charge >= 0.3 is 0 Å². The average Bonchev–Trinajstić information content (AvgIpc) is 2.72. The summed E-state index contributed by atoms with van der Waals surface area (Å²) in [6.07, 6.45) is 1.72. The summed E-state index contributed by atoms with van der Waals surface area (Å²) in [5, 5.41) is 4.20. The van der Waals surface area contributed by atoms with Gasteiger partial charge in [-0.1, -0.05) is 23.7 Å². The number of H-pyrrole nitrogens is 1. The summed E-state index contributed by atoms with van der Waals surface area (Å²) in [5.41, 5.74) is 3.35. The van der Waals surface area contributed by atoms with Gasteiger partial charge in [-0.15, -0.1) is 0 Å². The van der Waals surface area contributed by atoms with E-state index in [0.717, 1.165) is 23.0 Å². The maximum atomic E-state index is 5.97. The van der Waals surface area contributed by atoms with E-state index in [1.165, 1.54) is 5.56 Å². The van der Waals surface area contributed by atoms with E-state index in [9.17, 15) is 0 Å². The lowest BCUT2D eigenvalue weighted by Gasteiger charge is -2.13. The van der Waals surface area contributed by atoms with E-state index < -0.39 is 0 Å². The molecule has 0 aliphatic heterocycles. The molecule has 3 nitrogen and oxygen atoms in total. The molecule has 90 valence electrons. The number of hydrogen-bond donors (Lipinski definition) is 2. The molecule has 4 heteroatoms. The maximum Gasteiger partial charge on any atom is 0.0925 e. The Morgan fingerprint density at radius 1 is 1.47 bits per heavy atom. The molecule has 0 bridgehead atoms. The second kappa shape index (κ2) is 5.34. The summed E-state index contributed by atoms with van der Waals surface area (Å²) in [6, 6.07) is 8.16. The highest BCUT2D eigenvalue weighted by atomic mass is 35.5. The lowest BCUT2D eigenvalue weighted by Crippen LogP contribution is -2.18.